The van der Waals surface area contributed by atoms with Crippen LogP contribution in [-0.4, -0.2) is 0 Å². The summed E-state index contributed by atoms with van der Waals surface area (Å²) in [5.74, 6) is 3.21. The molecule has 5 aliphatic carbocycles. The van der Waals surface area contributed by atoms with Gasteiger partial charge in [-0.3, -0.25) is 0 Å². The van der Waals surface area contributed by atoms with Crippen LogP contribution in [0.2, 0.25) is 0 Å². The molecule has 13 rings (SSSR count). The molecule has 4 fully saturated rings. The highest BCUT2D eigenvalue weighted by molar-refractivity contribution is 6.10. The minimum absolute atomic E-state index is 0.104. The fourth-order valence-electron chi connectivity index (χ4n) is 11.7. The van der Waals surface area contributed by atoms with E-state index in [1.165, 1.54) is 59.1 Å². The van der Waals surface area contributed by atoms with Crippen LogP contribution in [0, 0.1) is 23.7 Å². The molecule has 5 atom stereocenters. The van der Waals surface area contributed by atoms with Gasteiger partial charge in [-0.15, -0.1) is 0 Å². The van der Waals surface area contributed by atoms with Crippen molar-refractivity contribution < 1.29 is 4.42 Å². The molecule has 1 aromatic heterocycles. The van der Waals surface area contributed by atoms with Crippen LogP contribution in [0.5, 0.6) is 0 Å². The van der Waals surface area contributed by atoms with Gasteiger partial charge in [0, 0.05) is 27.6 Å². The SMILES string of the molecule is c1ccc(-c2ccc(N(c3ccc4c(c3)-c3ccc(-c5ccccc5)cc3C43C4CC5CC(C4)C3C5)c3cccc4c3oc3ccccc34)cc2)cc1. The van der Waals surface area contributed by atoms with Gasteiger partial charge in [0.25, 0.3) is 0 Å². The molecule has 5 aliphatic rings. The Balaban J connectivity index is 1.07. The van der Waals surface area contributed by atoms with Gasteiger partial charge in [-0.05, 0) is 136 Å². The summed E-state index contributed by atoms with van der Waals surface area (Å²) in [6.45, 7) is 0. The Bertz CT molecular complexity index is 2700. The van der Waals surface area contributed by atoms with Gasteiger partial charge in [-0.25, -0.2) is 0 Å². The van der Waals surface area contributed by atoms with E-state index in [9.17, 15) is 0 Å². The van der Waals surface area contributed by atoms with E-state index in [0.717, 1.165) is 56.8 Å². The minimum Gasteiger partial charge on any atom is -0.454 e. The van der Waals surface area contributed by atoms with Crippen LogP contribution >= 0.6 is 0 Å². The van der Waals surface area contributed by atoms with Crippen molar-refractivity contribution >= 4 is 39.0 Å². The summed E-state index contributed by atoms with van der Waals surface area (Å²) < 4.78 is 6.71. The number of anilines is 3. The van der Waals surface area contributed by atoms with E-state index in [-0.39, 0.29) is 5.41 Å². The Morgan fingerprint density at radius 3 is 2.00 bits per heavy atom. The number of furan rings is 1. The number of para-hydroxylation sites is 2. The number of hydrogen-bond donors (Lipinski definition) is 0. The molecule has 4 saturated carbocycles. The lowest BCUT2D eigenvalue weighted by Crippen LogP contribution is -2.40. The molecule has 4 bridgehead atoms. The fourth-order valence-corrected chi connectivity index (χ4v) is 11.7. The molecule has 1 heterocycles. The first-order chi connectivity index (χ1) is 26.2. The highest BCUT2D eigenvalue weighted by atomic mass is 16.3. The third-order valence-corrected chi connectivity index (χ3v) is 13.7. The van der Waals surface area contributed by atoms with E-state index < -0.39 is 0 Å². The molecular weight excluding hydrogens is 643 g/mol. The van der Waals surface area contributed by atoms with Gasteiger partial charge in [0.1, 0.15) is 5.58 Å². The number of fused-ring (bicyclic) bond motifs is 6. The van der Waals surface area contributed by atoms with Gasteiger partial charge in [0.15, 0.2) is 5.58 Å². The van der Waals surface area contributed by atoms with Crippen molar-refractivity contribution in [2.24, 2.45) is 23.7 Å². The number of hydrogen-bond acceptors (Lipinski definition) is 2. The molecule has 7 aromatic carbocycles. The highest BCUT2D eigenvalue weighted by Gasteiger charge is 2.66. The summed E-state index contributed by atoms with van der Waals surface area (Å²) in [6, 6.07) is 60.6. The molecule has 0 amide bonds. The molecule has 5 unspecified atom stereocenters. The smallest absolute Gasteiger partial charge is 0.159 e. The van der Waals surface area contributed by atoms with Crippen molar-refractivity contribution in [2.45, 2.75) is 31.1 Å². The Morgan fingerprint density at radius 1 is 0.491 bits per heavy atom. The number of nitrogens with zero attached hydrogens (tertiary/aromatic N) is 1. The first kappa shape index (κ1) is 29.7. The summed E-state index contributed by atoms with van der Waals surface area (Å²) in [5.41, 5.74) is 16.3. The average molecular weight is 682 g/mol. The molecule has 2 nitrogen and oxygen atoms in total. The summed E-state index contributed by atoms with van der Waals surface area (Å²) in [5, 5.41) is 2.29. The van der Waals surface area contributed by atoms with Gasteiger partial charge in [0.2, 0.25) is 0 Å². The maximum absolute atomic E-state index is 6.71. The van der Waals surface area contributed by atoms with Gasteiger partial charge < -0.3 is 9.32 Å². The predicted octanol–water partition coefficient (Wildman–Crippen LogP) is 13.7. The highest BCUT2D eigenvalue weighted by Crippen LogP contribution is 2.73. The van der Waals surface area contributed by atoms with E-state index >= 15 is 0 Å². The van der Waals surface area contributed by atoms with Gasteiger partial charge >= 0.3 is 0 Å². The lowest BCUT2D eigenvalue weighted by molar-refractivity contribution is 0.191. The van der Waals surface area contributed by atoms with Crippen LogP contribution in [-0.2, 0) is 5.41 Å². The van der Waals surface area contributed by atoms with Crippen molar-refractivity contribution in [3.63, 3.8) is 0 Å². The van der Waals surface area contributed by atoms with E-state index in [4.69, 9.17) is 4.42 Å². The fraction of sp³-hybridized carbons (Fsp3) is 0.176. The predicted molar refractivity (Wildman–Crippen MR) is 218 cm³/mol. The lowest BCUT2D eigenvalue weighted by Gasteiger charge is -2.44. The van der Waals surface area contributed by atoms with E-state index in [1.807, 2.05) is 0 Å². The van der Waals surface area contributed by atoms with Crippen LogP contribution in [0.1, 0.15) is 36.8 Å². The average Bonchev–Trinajstić information content (AvgIpc) is 3.90. The molecule has 53 heavy (non-hydrogen) atoms. The first-order valence-corrected chi connectivity index (χ1v) is 19.4. The zero-order chi connectivity index (χ0) is 34.7. The summed E-state index contributed by atoms with van der Waals surface area (Å²) in [7, 11) is 0. The third kappa shape index (κ3) is 4.15. The summed E-state index contributed by atoms with van der Waals surface area (Å²) >= 11 is 0. The summed E-state index contributed by atoms with van der Waals surface area (Å²) in [4.78, 5) is 2.43. The first-order valence-electron chi connectivity index (χ1n) is 19.4. The molecule has 0 radical (unpaired) electrons. The van der Waals surface area contributed by atoms with Crippen LogP contribution in [0.15, 0.2) is 168 Å². The minimum atomic E-state index is 0.104. The van der Waals surface area contributed by atoms with Crippen molar-refractivity contribution in [1.29, 1.82) is 0 Å². The Kier molecular flexibility index (Phi) is 6.20. The van der Waals surface area contributed by atoms with Crippen LogP contribution in [0.25, 0.3) is 55.3 Å². The molecule has 254 valence electrons. The second-order valence-corrected chi connectivity index (χ2v) is 16.1. The Labute approximate surface area is 310 Å². The van der Waals surface area contributed by atoms with Crippen molar-refractivity contribution in [2.75, 3.05) is 4.90 Å². The number of benzene rings is 7. The molecule has 8 aromatic rings. The number of rotatable bonds is 5. The molecule has 0 aliphatic heterocycles. The second-order valence-electron chi connectivity index (χ2n) is 16.1. The third-order valence-electron chi connectivity index (χ3n) is 13.7. The maximum Gasteiger partial charge on any atom is 0.159 e. The Morgan fingerprint density at radius 2 is 1.19 bits per heavy atom. The molecular formula is C51H39NO. The summed E-state index contributed by atoms with van der Waals surface area (Å²) in [6.07, 6.45) is 5.56. The monoisotopic (exact) mass is 681 g/mol. The van der Waals surface area contributed by atoms with E-state index in [2.05, 4.69) is 169 Å². The second kappa shape index (κ2) is 11.1. The molecule has 2 heteroatoms. The zero-order valence-electron chi connectivity index (χ0n) is 29.6. The van der Waals surface area contributed by atoms with Crippen LogP contribution in [0.3, 0.4) is 0 Å². The normalized spacial score (nSPS) is 23.2. The topological polar surface area (TPSA) is 16.4 Å². The lowest BCUT2D eigenvalue weighted by atomic mass is 9.59. The van der Waals surface area contributed by atoms with Crippen molar-refractivity contribution in [3.05, 3.63) is 175 Å². The van der Waals surface area contributed by atoms with Gasteiger partial charge in [-0.1, -0.05) is 121 Å². The van der Waals surface area contributed by atoms with E-state index in [0.29, 0.717) is 5.92 Å². The standard InChI is InChI=1S/C51H39NO/c1-3-10-33(11-4-1)35-18-21-39(22-19-35)52(48-16-9-15-43-42-14-7-8-17-49(42)53-50(43)48)40-23-25-45-44(31-40)41-24-20-36(34-12-5-2-6-13-34)30-47(41)51(45)38-27-32-26-37(29-38)46(51)28-32/h1-25,30-32,37-38,46H,26-29H2. The molecule has 0 N–H and O–H groups in total. The van der Waals surface area contributed by atoms with Crippen molar-refractivity contribution in [1.82, 2.24) is 0 Å². The maximum atomic E-state index is 6.71. The largest absolute Gasteiger partial charge is 0.454 e. The Hall–Kier alpha value is -5.86. The van der Waals surface area contributed by atoms with Gasteiger partial charge in [0.05, 0.1) is 5.69 Å². The molecule has 0 saturated heterocycles. The van der Waals surface area contributed by atoms with Crippen LogP contribution < -0.4 is 4.90 Å². The van der Waals surface area contributed by atoms with Crippen LogP contribution in [0.4, 0.5) is 17.1 Å². The van der Waals surface area contributed by atoms with Crippen molar-refractivity contribution in [3.8, 4) is 33.4 Å². The van der Waals surface area contributed by atoms with E-state index in [1.54, 1.807) is 11.1 Å². The van der Waals surface area contributed by atoms with Gasteiger partial charge in [-0.2, -0.15) is 0 Å². The molecule has 1 spiro atoms. The zero-order valence-corrected chi connectivity index (χ0v) is 29.6. The quantitative estimate of drug-likeness (QED) is 0.180.